The van der Waals surface area contributed by atoms with Crippen molar-refractivity contribution in [2.24, 2.45) is 5.41 Å². The van der Waals surface area contributed by atoms with Gasteiger partial charge in [-0.05, 0) is 30.2 Å². The summed E-state index contributed by atoms with van der Waals surface area (Å²) >= 11 is 0. The molecule has 0 aliphatic rings. The normalized spacial score (nSPS) is 11.4. The molecule has 0 aliphatic heterocycles. The smallest absolute Gasteiger partial charge is 0.225 e. The molecule has 152 valence electrons. The lowest BCUT2D eigenvalue weighted by atomic mass is 9.96. The molecule has 1 amide bonds. The van der Waals surface area contributed by atoms with E-state index >= 15 is 0 Å². The summed E-state index contributed by atoms with van der Waals surface area (Å²) in [7, 11) is 0. The fraction of sp³-hybridized carbons (Fsp3) is 0.333. The molecule has 5 heteroatoms. The van der Waals surface area contributed by atoms with Crippen LogP contribution >= 0.6 is 0 Å². The molecule has 3 aromatic rings. The number of nitrogens with zero attached hydrogens (tertiary/aromatic N) is 2. The van der Waals surface area contributed by atoms with Crippen LogP contribution in [0.1, 0.15) is 32.2 Å². The fourth-order valence-corrected chi connectivity index (χ4v) is 3.15. The molecule has 1 heterocycles. The Morgan fingerprint density at radius 2 is 1.90 bits per heavy atom. The van der Waals surface area contributed by atoms with E-state index in [-0.39, 0.29) is 5.91 Å². The molecule has 2 aromatic carbocycles. The summed E-state index contributed by atoms with van der Waals surface area (Å²) in [4.78, 5) is 17.0. The van der Waals surface area contributed by atoms with Gasteiger partial charge in [0.1, 0.15) is 18.2 Å². The number of hydrogen-bond acceptors (Lipinski definition) is 3. The molecule has 0 bridgehead atoms. The lowest BCUT2D eigenvalue weighted by Gasteiger charge is -2.18. The number of carbonyl (C=O) groups excluding carboxylic acids is 1. The molecule has 1 N–H and O–H groups in total. The molecule has 5 nitrogen and oxygen atoms in total. The minimum absolute atomic E-state index is 0.00529. The van der Waals surface area contributed by atoms with Crippen molar-refractivity contribution in [2.75, 3.05) is 6.61 Å². The highest BCUT2D eigenvalue weighted by Gasteiger charge is 2.21. The zero-order chi connectivity index (χ0) is 20.9. The van der Waals surface area contributed by atoms with Crippen LogP contribution in [0.25, 0.3) is 11.0 Å². The number of rotatable bonds is 8. The zero-order valence-corrected chi connectivity index (χ0v) is 17.4. The summed E-state index contributed by atoms with van der Waals surface area (Å²) in [6.45, 7) is 11.1. The first-order valence-corrected chi connectivity index (χ1v) is 9.94. The van der Waals surface area contributed by atoms with Crippen LogP contribution in [-0.4, -0.2) is 22.1 Å². The minimum Gasteiger partial charge on any atom is -0.491 e. The van der Waals surface area contributed by atoms with Crippen molar-refractivity contribution in [3.63, 3.8) is 0 Å². The van der Waals surface area contributed by atoms with Crippen LogP contribution in [0.4, 0.5) is 0 Å². The van der Waals surface area contributed by atoms with Gasteiger partial charge in [-0.1, -0.05) is 57.2 Å². The SMILES string of the molecule is C=CCc1ccccc1OCCn1c(CNC(=O)C(C)(C)C)nc2ccccc21. The van der Waals surface area contributed by atoms with Crippen LogP contribution in [0.5, 0.6) is 5.75 Å². The quantitative estimate of drug-likeness (QED) is 0.575. The molecule has 0 atom stereocenters. The van der Waals surface area contributed by atoms with Gasteiger partial charge in [-0.15, -0.1) is 6.58 Å². The number of imidazole rings is 1. The summed E-state index contributed by atoms with van der Waals surface area (Å²) in [5.74, 6) is 1.71. The average molecular weight is 392 g/mol. The van der Waals surface area contributed by atoms with Gasteiger partial charge in [-0.3, -0.25) is 4.79 Å². The van der Waals surface area contributed by atoms with E-state index in [0.29, 0.717) is 19.7 Å². The second kappa shape index (κ2) is 8.95. The third kappa shape index (κ3) is 5.05. The number of hydrogen-bond donors (Lipinski definition) is 1. The van der Waals surface area contributed by atoms with Crippen molar-refractivity contribution in [1.82, 2.24) is 14.9 Å². The Morgan fingerprint density at radius 3 is 2.66 bits per heavy atom. The number of fused-ring (bicyclic) bond motifs is 1. The first-order valence-electron chi connectivity index (χ1n) is 9.94. The van der Waals surface area contributed by atoms with Gasteiger partial charge >= 0.3 is 0 Å². The highest BCUT2D eigenvalue weighted by Crippen LogP contribution is 2.20. The van der Waals surface area contributed by atoms with Crippen molar-refractivity contribution in [2.45, 2.75) is 40.3 Å². The van der Waals surface area contributed by atoms with Crippen molar-refractivity contribution in [1.29, 1.82) is 0 Å². The van der Waals surface area contributed by atoms with Crippen molar-refractivity contribution >= 4 is 16.9 Å². The van der Waals surface area contributed by atoms with Crippen molar-refractivity contribution < 1.29 is 9.53 Å². The summed E-state index contributed by atoms with van der Waals surface area (Å²) in [6.07, 6.45) is 2.65. The molecule has 0 unspecified atom stereocenters. The van der Waals surface area contributed by atoms with Crippen LogP contribution in [0.15, 0.2) is 61.2 Å². The first kappa shape index (κ1) is 20.6. The number of ether oxygens (including phenoxy) is 1. The van der Waals surface area contributed by atoms with E-state index < -0.39 is 5.41 Å². The lowest BCUT2D eigenvalue weighted by Crippen LogP contribution is -2.35. The minimum atomic E-state index is -0.436. The van der Waals surface area contributed by atoms with Gasteiger partial charge in [-0.2, -0.15) is 0 Å². The summed E-state index contributed by atoms with van der Waals surface area (Å²) in [5, 5.41) is 3.00. The van der Waals surface area contributed by atoms with Crippen molar-refractivity contribution in [3.05, 3.63) is 72.6 Å². The Kier molecular flexibility index (Phi) is 6.37. The van der Waals surface area contributed by atoms with E-state index in [1.165, 1.54) is 0 Å². The molecule has 1 aromatic heterocycles. The summed E-state index contributed by atoms with van der Waals surface area (Å²) in [6, 6.07) is 16.0. The monoisotopic (exact) mass is 391 g/mol. The number of carbonyl (C=O) groups is 1. The molecule has 0 aliphatic carbocycles. The van der Waals surface area contributed by atoms with E-state index in [1.54, 1.807) is 0 Å². The number of benzene rings is 2. The third-order valence-electron chi connectivity index (χ3n) is 4.73. The number of para-hydroxylation sites is 3. The number of amides is 1. The zero-order valence-electron chi connectivity index (χ0n) is 17.4. The highest BCUT2D eigenvalue weighted by atomic mass is 16.5. The Bertz CT molecular complexity index is 999. The molecule has 0 radical (unpaired) electrons. The standard InChI is InChI=1S/C24H29N3O2/c1-5-10-18-11-6-9-14-21(18)29-16-15-27-20-13-8-7-12-19(20)26-22(27)17-25-23(28)24(2,3)4/h5-9,11-14H,1,10,15-17H2,2-4H3,(H,25,28). The number of allylic oxidation sites excluding steroid dienone is 1. The fourth-order valence-electron chi connectivity index (χ4n) is 3.15. The summed E-state index contributed by atoms with van der Waals surface area (Å²) in [5.41, 5.74) is 2.64. The predicted molar refractivity (Wildman–Crippen MR) is 117 cm³/mol. The molecule has 0 fully saturated rings. The van der Waals surface area contributed by atoms with Gasteiger partial charge in [0.2, 0.25) is 5.91 Å². The van der Waals surface area contributed by atoms with Crippen LogP contribution in [0.2, 0.25) is 0 Å². The third-order valence-corrected chi connectivity index (χ3v) is 4.73. The van der Waals surface area contributed by atoms with E-state index in [9.17, 15) is 4.79 Å². The first-order chi connectivity index (χ1) is 13.9. The van der Waals surface area contributed by atoms with E-state index in [1.807, 2.05) is 69.3 Å². The number of nitrogens with one attached hydrogen (secondary N) is 1. The Labute approximate surface area is 172 Å². The van der Waals surface area contributed by atoms with E-state index in [2.05, 4.69) is 22.5 Å². The Hall–Kier alpha value is -3.08. The van der Waals surface area contributed by atoms with Gasteiger partial charge in [0.05, 0.1) is 24.1 Å². The second-order valence-electron chi connectivity index (χ2n) is 8.05. The van der Waals surface area contributed by atoms with E-state index in [0.717, 1.165) is 34.6 Å². The molecule has 0 saturated carbocycles. The average Bonchev–Trinajstić information content (AvgIpc) is 3.04. The van der Waals surface area contributed by atoms with Crippen LogP contribution in [-0.2, 0) is 24.3 Å². The van der Waals surface area contributed by atoms with Gasteiger partial charge in [-0.25, -0.2) is 4.98 Å². The molecule has 0 saturated heterocycles. The topological polar surface area (TPSA) is 56.1 Å². The van der Waals surface area contributed by atoms with Gasteiger partial charge in [0.15, 0.2) is 0 Å². The lowest BCUT2D eigenvalue weighted by molar-refractivity contribution is -0.128. The molecule has 3 rings (SSSR count). The molecule has 29 heavy (non-hydrogen) atoms. The van der Waals surface area contributed by atoms with Gasteiger partial charge < -0.3 is 14.6 Å². The van der Waals surface area contributed by atoms with E-state index in [4.69, 9.17) is 9.72 Å². The maximum atomic E-state index is 12.3. The highest BCUT2D eigenvalue weighted by molar-refractivity contribution is 5.81. The predicted octanol–water partition coefficient (Wildman–Crippen LogP) is 4.51. The van der Waals surface area contributed by atoms with Crippen molar-refractivity contribution in [3.8, 4) is 5.75 Å². The Morgan fingerprint density at radius 1 is 1.17 bits per heavy atom. The molecule has 0 spiro atoms. The molecular weight excluding hydrogens is 362 g/mol. The van der Waals surface area contributed by atoms with Gasteiger partial charge in [0.25, 0.3) is 0 Å². The largest absolute Gasteiger partial charge is 0.491 e. The summed E-state index contributed by atoms with van der Waals surface area (Å²) < 4.78 is 8.18. The van der Waals surface area contributed by atoms with Crippen LogP contribution in [0.3, 0.4) is 0 Å². The van der Waals surface area contributed by atoms with Crippen LogP contribution in [0, 0.1) is 5.41 Å². The maximum absolute atomic E-state index is 12.3. The second-order valence-corrected chi connectivity index (χ2v) is 8.05. The van der Waals surface area contributed by atoms with Gasteiger partial charge in [0, 0.05) is 5.41 Å². The number of aromatic nitrogens is 2. The Balaban J connectivity index is 1.76. The van der Waals surface area contributed by atoms with Crippen LogP contribution < -0.4 is 10.1 Å². The maximum Gasteiger partial charge on any atom is 0.225 e. The molecular formula is C24H29N3O2.